The molecule has 0 atom stereocenters. The van der Waals surface area contributed by atoms with Crippen molar-refractivity contribution in [2.24, 2.45) is 5.84 Å². The van der Waals surface area contributed by atoms with Crippen molar-refractivity contribution in [3.05, 3.63) is 40.8 Å². The first-order valence-corrected chi connectivity index (χ1v) is 7.03. The van der Waals surface area contributed by atoms with Crippen molar-refractivity contribution in [1.82, 2.24) is 9.97 Å². The van der Waals surface area contributed by atoms with Gasteiger partial charge in [0.15, 0.2) is 0 Å². The quantitative estimate of drug-likeness (QED) is 0.507. The van der Waals surface area contributed by atoms with Crippen LogP contribution < -0.4 is 16.6 Å². The third-order valence-corrected chi connectivity index (χ3v) is 3.87. The summed E-state index contributed by atoms with van der Waals surface area (Å²) in [7, 11) is 0. The van der Waals surface area contributed by atoms with E-state index in [4.69, 9.17) is 11.1 Å². The van der Waals surface area contributed by atoms with Crippen LogP contribution in [0, 0.1) is 18.3 Å². The lowest BCUT2D eigenvalue weighted by Gasteiger charge is -2.08. The summed E-state index contributed by atoms with van der Waals surface area (Å²) >= 11 is 1.58. The second kappa shape index (κ2) is 5.36. The Morgan fingerprint density at radius 3 is 2.67 bits per heavy atom. The summed E-state index contributed by atoms with van der Waals surface area (Å²) < 4.78 is 0. The smallest absolute Gasteiger partial charge is 0.240 e. The van der Waals surface area contributed by atoms with Crippen molar-refractivity contribution in [2.45, 2.75) is 6.92 Å². The lowest BCUT2D eigenvalue weighted by atomic mass is 10.2. The fraction of sp³-hybridized carbons (Fsp3) is 0.0714. The highest BCUT2D eigenvalue weighted by Crippen LogP contribution is 2.31. The largest absolute Gasteiger partial charge is 0.340 e. The SMILES string of the molecule is Cc1cc2c(Nc3ccc(C#N)cc3)nc(NN)nc2s1. The molecule has 0 radical (unpaired) electrons. The van der Waals surface area contributed by atoms with Gasteiger partial charge in [-0.15, -0.1) is 11.3 Å². The van der Waals surface area contributed by atoms with E-state index in [1.807, 2.05) is 25.1 Å². The first-order valence-electron chi connectivity index (χ1n) is 6.21. The Balaban J connectivity index is 2.03. The molecule has 0 bridgehead atoms. The number of aryl methyl sites for hydroxylation is 1. The maximum atomic E-state index is 8.82. The van der Waals surface area contributed by atoms with Crippen LogP contribution in [0.4, 0.5) is 17.5 Å². The standard InChI is InChI=1S/C14H12N6S/c1-8-6-11-12(18-14(20-16)19-13(11)21-8)17-10-4-2-9(7-15)3-5-10/h2-6H,16H2,1H3,(H2,17,18,19,20). The highest BCUT2D eigenvalue weighted by Gasteiger charge is 2.10. The van der Waals surface area contributed by atoms with Gasteiger partial charge in [0, 0.05) is 10.6 Å². The Labute approximate surface area is 125 Å². The molecule has 6 nitrogen and oxygen atoms in total. The number of thiophene rings is 1. The summed E-state index contributed by atoms with van der Waals surface area (Å²) in [5.74, 6) is 6.46. The van der Waals surface area contributed by atoms with E-state index in [0.717, 1.165) is 20.8 Å². The van der Waals surface area contributed by atoms with E-state index in [-0.39, 0.29) is 0 Å². The minimum Gasteiger partial charge on any atom is -0.340 e. The van der Waals surface area contributed by atoms with Gasteiger partial charge in [0.05, 0.1) is 17.0 Å². The Morgan fingerprint density at radius 1 is 1.24 bits per heavy atom. The van der Waals surface area contributed by atoms with Crippen molar-refractivity contribution < 1.29 is 0 Å². The Kier molecular flexibility index (Phi) is 3.39. The van der Waals surface area contributed by atoms with Gasteiger partial charge in [-0.1, -0.05) is 0 Å². The van der Waals surface area contributed by atoms with Gasteiger partial charge in [0.2, 0.25) is 5.95 Å². The molecule has 0 aliphatic rings. The highest BCUT2D eigenvalue weighted by molar-refractivity contribution is 7.18. The molecular weight excluding hydrogens is 284 g/mol. The van der Waals surface area contributed by atoms with Gasteiger partial charge in [-0.2, -0.15) is 10.2 Å². The topological polar surface area (TPSA) is 99.7 Å². The maximum absolute atomic E-state index is 8.82. The van der Waals surface area contributed by atoms with Crippen LogP contribution in [0.5, 0.6) is 0 Å². The van der Waals surface area contributed by atoms with Crippen LogP contribution in [0.25, 0.3) is 10.2 Å². The van der Waals surface area contributed by atoms with Crippen molar-refractivity contribution in [2.75, 3.05) is 10.7 Å². The minimum atomic E-state index is 0.362. The fourth-order valence-corrected chi connectivity index (χ4v) is 2.85. The molecule has 3 rings (SSSR count). The van der Waals surface area contributed by atoms with Gasteiger partial charge in [-0.05, 0) is 37.3 Å². The number of aromatic nitrogens is 2. The molecule has 0 spiro atoms. The minimum absolute atomic E-state index is 0.362. The van der Waals surface area contributed by atoms with Gasteiger partial charge in [0.25, 0.3) is 0 Å². The number of fused-ring (bicyclic) bond motifs is 1. The molecule has 2 aromatic heterocycles. The average Bonchev–Trinajstić information content (AvgIpc) is 2.88. The van der Waals surface area contributed by atoms with Crippen LogP contribution in [-0.4, -0.2) is 9.97 Å². The third-order valence-electron chi connectivity index (χ3n) is 2.92. The normalized spacial score (nSPS) is 10.3. The summed E-state index contributed by atoms with van der Waals surface area (Å²) in [4.78, 5) is 10.7. The number of hydrazine groups is 1. The van der Waals surface area contributed by atoms with E-state index in [1.54, 1.807) is 23.5 Å². The zero-order valence-electron chi connectivity index (χ0n) is 11.2. The van der Waals surface area contributed by atoms with Crippen LogP contribution in [0.3, 0.4) is 0 Å². The molecule has 0 saturated heterocycles. The lowest BCUT2D eigenvalue weighted by molar-refractivity contribution is 1.16. The van der Waals surface area contributed by atoms with Gasteiger partial charge in [0.1, 0.15) is 10.6 Å². The Morgan fingerprint density at radius 2 is 2.00 bits per heavy atom. The number of nitriles is 1. The molecule has 0 unspecified atom stereocenters. The Hall–Kier alpha value is -2.69. The van der Waals surface area contributed by atoms with Crippen LogP contribution in [-0.2, 0) is 0 Å². The van der Waals surface area contributed by atoms with Gasteiger partial charge in [-0.3, -0.25) is 5.43 Å². The predicted octanol–water partition coefficient (Wildman–Crippen LogP) is 2.90. The van der Waals surface area contributed by atoms with Crippen molar-refractivity contribution in [3.8, 4) is 6.07 Å². The molecule has 0 aliphatic carbocycles. The summed E-state index contributed by atoms with van der Waals surface area (Å²) in [6.07, 6.45) is 0. The zero-order chi connectivity index (χ0) is 14.8. The average molecular weight is 296 g/mol. The number of nitrogen functional groups attached to an aromatic ring is 1. The monoisotopic (exact) mass is 296 g/mol. The molecule has 0 saturated carbocycles. The molecule has 2 heterocycles. The number of nitrogens with one attached hydrogen (secondary N) is 2. The van der Waals surface area contributed by atoms with E-state index < -0.39 is 0 Å². The number of anilines is 3. The number of nitrogens with two attached hydrogens (primary N) is 1. The molecule has 0 aliphatic heterocycles. The van der Waals surface area contributed by atoms with E-state index in [0.29, 0.717) is 17.3 Å². The summed E-state index contributed by atoms with van der Waals surface area (Å²) in [5.41, 5.74) is 3.94. The molecule has 104 valence electrons. The van der Waals surface area contributed by atoms with Crippen LogP contribution in [0.15, 0.2) is 30.3 Å². The van der Waals surface area contributed by atoms with Crippen molar-refractivity contribution in [1.29, 1.82) is 5.26 Å². The first-order chi connectivity index (χ1) is 10.2. The van der Waals surface area contributed by atoms with E-state index in [9.17, 15) is 0 Å². The lowest BCUT2D eigenvalue weighted by Crippen LogP contribution is -2.11. The molecule has 0 fully saturated rings. The maximum Gasteiger partial charge on any atom is 0.240 e. The van der Waals surface area contributed by atoms with Crippen molar-refractivity contribution in [3.63, 3.8) is 0 Å². The number of hydrogen-bond acceptors (Lipinski definition) is 7. The van der Waals surface area contributed by atoms with Gasteiger partial charge in [-0.25, -0.2) is 10.8 Å². The second-order valence-electron chi connectivity index (χ2n) is 4.43. The highest BCUT2D eigenvalue weighted by atomic mass is 32.1. The van der Waals surface area contributed by atoms with Gasteiger partial charge < -0.3 is 5.32 Å². The Bertz CT molecular complexity index is 831. The van der Waals surface area contributed by atoms with E-state index >= 15 is 0 Å². The molecular formula is C14H12N6S. The van der Waals surface area contributed by atoms with Crippen molar-refractivity contribution >= 4 is 39.0 Å². The summed E-state index contributed by atoms with van der Waals surface area (Å²) in [5, 5.41) is 13.0. The molecule has 3 aromatic rings. The molecule has 7 heteroatoms. The van der Waals surface area contributed by atoms with E-state index in [2.05, 4.69) is 26.8 Å². The van der Waals surface area contributed by atoms with E-state index in [1.165, 1.54) is 0 Å². The number of rotatable bonds is 3. The molecule has 0 amide bonds. The number of nitrogens with zero attached hydrogens (tertiary/aromatic N) is 3. The first kappa shape index (κ1) is 13.3. The van der Waals surface area contributed by atoms with Crippen LogP contribution in [0.2, 0.25) is 0 Å². The molecule has 4 N–H and O–H groups in total. The predicted molar refractivity (Wildman–Crippen MR) is 84.4 cm³/mol. The second-order valence-corrected chi connectivity index (χ2v) is 5.66. The fourth-order valence-electron chi connectivity index (χ4n) is 1.97. The summed E-state index contributed by atoms with van der Waals surface area (Å²) in [6.45, 7) is 2.02. The molecule has 21 heavy (non-hydrogen) atoms. The van der Waals surface area contributed by atoms with Crippen LogP contribution in [0.1, 0.15) is 10.4 Å². The number of hydrogen-bond donors (Lipinski definition) is 3. The summed E-state index contributed by atoms with van der Waals surface area (Å²) in [6, 6.07) is 11.3. The number of benzene rings is 1. The molecule has 1 aromatic carbocycles. The zero-order valence-corrected chi connectivity index (χ0v) is 12.0. The van der Waals surface area contributed by atoms with Gasteiger partial charge >= 0.3 is 0 Å². The third kappa shape index (κ3) is 2.63. The van der Waals surface area contributed by atoms with Crippen LogP contribution >= 0.6 is 11.3 Å².